The maximum Gasteiger partial charge on any atom is 0.373 e. The van der Waals surface area contributed by atoms with Gasteiger partial charge in [-0.15, -0.1) is 0 Å². The van der Waals surface area contributed by atoms with Gasteiger partial charge in [-0.25, -0.2) is 4.98 Å². The molecule has 0 spiro atoms. The van der Waals surface area contributed by atoms with E-state index in [1.54, 1.807) is 25.1 Å². The maximum absolute atomic E-state index is 11.3. The zero-order valence-corrected chi connectivity index (χ0v) is 13.3. The van der Waals surface area contributed by atoms with Crippen LogP contribution in [0.1, 0.15) is 5.56 Å². The van der Waals surface area contributed by atoms with E-state index in [4.69, 9.17) is 21.1 Å². The van der Waals surface area contributed by atoms with Crippen molar-refractivity contribution in [3.63, 3.8) is 0 Å². The number of nitrogens with one attached hydrogen (secondary N) is 1. The minimum Gasteiger partial charge on any atom is -0.434 e. The van der Waals surface area contributed by atoms with Crippen LogP contribution in [-0.4, -0.2) is 35.2 Å². The number of hydrogen-bond donors (Lipinski definition) is 1. The summed E-state index contributed by atoms with van der Waals surface area (Å²) < 4.78 is 10.4. The van der Waals surface area contributed by atoms with Crippen molar-refractivity contribution in [3.05, 3.63) is 45.2 Å². The fourth-order valence-corrected chi connectivity index (χ4v) is 1.91. The minimum atomic E-state index is -0.590. The van der Waals surface area contributed by atoms with Crippen molar-refractivity contribution >= 4 is 23.1 Å². The van der Waals surface area contributed by atoms with Crippen molar-refractivity contribution in [2.75, 3.05) is 25.6 Å². The van der Waals surface area contributed by atoms with Gasteiger partial charge in [-0.3, -0.25) is 10.1 Å². The molecule has 2 aromatic rings. The molecule has 0 saturated heterocycles. The summed E-state index contributed by atoms with van der Waals surface area (Å²) >= 11 is 5.95. The first-order valence-electron chi connectivity index (χ1n) is 6.69. The van der Waals surface area contributed by atoms with Crippen LogP contribution in [0.4, 0.5) is 11.5 Å². The maximum atomic E-state index is 11.3. The molecule has 0 aliphatic heterocycles. The Kier molecular flexibility index (Phi) is 5.67. The molecule has 9 heteroatoms. The van der Waals surface area contributed by atoms with Gasteiger partial charge in [0.15, 0.2) is 0 Å². The smallest absolute Gasteiger partial charge is 0.373 e. The molecule has 122 valence electrons. The summed E-state index contributed by atoms with van der Waals surface area (Å²) in [6.07, 6.45) is 1.19. The molecule has 8 nitrogen and oxygen atoms in total. The molecule has 0 bridgehead atoms. The third-order valence-electron chi connectivity index (χ3n) is 2.91. The van der Waals surface area contributed by atoms with E-state index in [1.807, 2.05) is 0 Å². The molecule has 1 aromatic carbocycles. The number of aryl methyl sites for hydroxylation is 1. The number of ether oxygens (including phenoxy) is 2. The van der Waals surface area contributed by atoms with E-state index in [-0.39, 0.29) is 17.4 Å². The van der Waals surface area contributed by atoms with Crippen LogP contribution in [0.5, 0.6) is 11.6 Å². The summed E-state index contributed by atoms with van der Waals surface area (Å²) in [5, 5.41) is 14.7. The molecule has 0 unspecified atom stereocenters. The molecule has 0 aliphatic rings. The van der Waals surface area contributed by atoms with Gasteiger partial charge in [-0.2, -0.15) is 4.98 Å². The summed E-state index contributed by atoms with van der Waals surface area (Å²) in [5.74, 6) is 0.325. The molecule has 1 aromatic heterocycles. The van der Waals surface area contributed by atoms with Crippen molar-refractivity contribution in [1.29, 1.82) is 0 Å². The van der Waals surface area contributed by atoms with Crippen LogP contribution in [0.25, 0.3) is 0 Å². The van der Waals surface area contributed by atoms with Crippen LogP contribution in [0.2, 0.25) is 5.02 Å². The molecule has 0 amide bonds. The van der Waals surface area contributed by atoms with Gasteiger partial charge >= 0.3 is 11.6 Å². The molecule has 2 rings (SSSR count). The average Bonchev–Trinajstić information content (AvgIpc) is 2.51. The van der Waals surface area contributed by atoms with E-state index >= 15 is 0 Å². The number of rotatable bonds is 7. The lowest BCUT2D eigenvalue weighted by molar-refractivity contribution is -0.385. The summed E-state index contributed by atoms with van der Waals surface area (Å²) in [7, 11) is 1.54. The molecule has 23 heavy (non-hydrogen) atoms. The number of halogens is 1. The Morgan fingerprint density at radius 2 is 2.17 bits per heavy atom. The van der Waals surface area contributed by atoms with E-state index in [1.165, 1.54) is 13.4 Å². The SMILES string of the molecule is COCCNc1ncnc(Oc2ccc(Cl)c(C)c2)c1[N+](=O)[O-]. The molecular formula is C14H15ClN4O4. The van der Waals surface area contributed by atoms with Gasteiger partial charge in [0.05, 0.1) is 11.5 Å². The summed E-state index contributed by atoms with van der Waals surface area (Å²) in [6, 6.07) is 4.93. The van der Waals surface area contributed by atoms with Gasteiger partial charge in [0, 0.05) is 18.7 Å². The number of hydrogen-bond acceptors (Lipinski definition) is 7. The number of nitro groups is 1. The van der Waals surface area contributed by atoms with Crippen LogP contribution in [0.15, 0.2) is 24.5 Å². The number of anilines is 1. The number of aromatic nitrogens is 2. The quantitative estimate of drug-likeness (QED) is 0.470. The fraction of sp³-hybridized carbons (Fsp3) is 0.286. The van der Waals surface area contributed by atoms with Crippen LogP contribution in [0, 0.1) is 17.0 Å². The third kappa shape index (κ3) is 4.27. The Hall–Kier alpha value is -2.45. The van der Waals surface area contributed by atoms with Crippen molar-refractivity contribution in [3.8, 4) is 11.6 Å². The van der Waals surface area contributed by atoms with Gasteiger partial charge in [-0.05, 0) is 30.7 Å². The van der Waals surface area contributed by atoms with Gasteiger partial charge < -0.3 is 14.8 Å². The predicted molar refractivity (Wildman–Crippen MR) is 85.3 cm³/mol. The van der Waals surface area contributed by atoms with Crippen molar-refractivity contribution in [1.82, 2.24) is 9.97 Å². The predicted octanol–water partition coefficient (Wildman–Crippen LogP) is 3.20. The standard InChI is InChI=1S/C14H15ClN4O4/c1-9-7-10(3-4-11(9)15)23-14-12(19(20)21)13(17-8-18-14)16-5-6-22-2/h3-4,7-8H,5-6H2,1-2H3,(H,16,17,18). The second-order valence-corrected chi connectivity index (χ2v) is 4.97. The average molecular weight is 339 g/mol. The van der Waals surface area contributed by atoms with Gasteiger partial charge in [-0.1, -0.05) is 11.6 Å². The zero-order valence-electron chi connectivity index (χ0n) is 12.6. The lowest BCUT2D eigenvalue weighted by atomic mass is 10.2. The molecular weight excluding hydrogens is 324 g/mol. The second-order valence-electron chi connectivity index (χ2n) is 4.57. The van der Waals surface area contributed by atoms with Gasteiger partial charge in [0.25, 0.3) is 0 Å². The van der Waals surface area contributed by atoms with Crippen LogP contribution in [0.3, 0.4) is 0 Å². The Morgan fingerprint density at radius 3 is 2.83 bits per heavy atom. The van der Waals surface area contributed by atoms with Crippen molar-refractivity contribution < 1.29 is 14.4 Å². The highest BCUT2D eigenvalue weighted by molar-refractivity contribution is 6.31. The van der Waals surface area contributed by atoms with E-state index in [9.17, 15) is 10.1 Å². The first-order chi connectivity index (χ1) is 11.0. The lowest BCUT2D eigenvalue weighted by Crippen LogP contribution is -2.11. The van der Waals surface area contributed by atoms with Crippen LogP contribution >= 0.6 is 11.6 Å². The second kappa shape index (κ2) is 7.70. The lowest BCUT2D eigenvalue weighted by Gasteiger charge is -2.09. The topological polar surface area (TPSA) is 99.4 Å². The Balaban J connectivity index is 2.31. The Bertz CT molecular complexity index is 711. The van der Waals surface area contributed by atoms with E-state index in [2.05, 4.69) is 15.3 Å². The highest BCUT2D eigenvalue weighted by Gasteiger charge is 2.24. The van der Waals surface area contributed by atoms with Crippen LogP contribution < -0.4 is 10.1 Å². The minimum absolute atomic E-state index is 0.0720. The fourth-order valence-electron chi connectivity index (χ4n) is 1.80. The largest absolute Gasteiger partial charge is 0.434 e. The Labute approximate surface area is 137 Å². The van der Waals surface area contributed by atoms with Crippen LogP contribution in [-0.2, 0) is 4.74 Å². The molecule has 1 N–H and O–H groups in total. The van der Waals surface area contributed by atoms with Crippen molar-refractivity contribution in [2.24, 2.45) is 0 Å². The molecule has 0 saturated carbocycles. The number of nitrogens with zero attached hydrogens (tertiary/aromatic N) is 3. The Morgan fingerprint density at radius 1 is 1.39 bits per heavy atom. The summed E-state index contributed by atoms with van der Waals surface area (Å²) in [6.45, 7) is 2.56. The molecule has 0 atom stereocenters. The highest BCUT2D eigenvalue weighted by Crippen LogP contribution is 2.34. The molecule has 0 radical (unpaired) electrons. The highest BCUT2D eigenvalue weighted by atomic mass is 35.5. The summed E-state index contributed by atoms with van der Waals surface area (Å²) in [4.78, 5) is 18.5. The molecule has 0 aliphatic carbocycles. The number of benzene rings is 1. The van der Waals surface area contributed by atoms with Gasteiger partial charge in [0.2, 0.25) is 5.82 Å². The van der Waals surface area contributed by atoms with E-state index in [0.29, 0.717) is 23.9 Å². The van der Waals surface area contributed by atoms with Gasteiger partial charge in [0.1, 0.15) is 12.1 Å². The van der Waals surface area contributed by atoms with E-state index < -0.39 is 4.92 Å². The normalized spacial score (nSPS) is 10.4. The first kappa shape index (κ1) is 16.9. The van der Waals surface area contributed by atoms with Crippen molar-refractivity contribution in [2.45, 2.75) is 6.92 Å². The monoisotopic (exact) mass is 338 g/mol. The molecule has 0 fully saturated rings. The summed E-state index contributed by atoms with van der Waals surface area (Å²) in [5.41, 5.74) is 0.454. The zero-order chi connectivity index (χ0) is 16.8. The number of methoxy groups -OCH3 is 1. The third-order valence-corrected chi connectivity index (χ3v) is 3.34. The first-order valence-corrected chi connectivity index (χ1v) is 7.07. The van der Waals surface area contributed by atoms with E-state index in [0.717, 1.165) is 5.56 Å². The molecule has 1 heterocycles.